The fourth-order valence-corrected chi connectivity index (χ4v) is 8.34. The zero-order valence-electron chi connectivity index (χ0n) is 27.7. The predicted molar refractivity (Wildman–Crippen MR) is 180 cm³/mol. The molecule has 1 unspecified atom stereocenters. The Labute approximate surface area is 281 Å². The van der Waals surface area contributed by atoms with Gasteiger partial charge in [0.2, 0.25) is 15.9 Å². The first-order valence-electron chi connectivity index (χ1n) is 15.9. The molecule has 2 saturated heterocycles. The largest absolute Gasteiger partial charge is 0.496 e. The van der Waals surface area contributed by atoms with E-state index in [1.807, 2.05) is 24.3 Å². The number of carbonyl (C=O) groups is 1. The Balaban J connectivity index is 1.51. The van der Waals surface area contributed by atoms with Crippen LogP contribution in [0.25, 0.3) is 21.0 Å². The van der Waals surface area contributed by atoms with Gasteiger partial charge in [0.1, 0.15) is 29.0 Å². The van der Waals surface area contributed by atoms with E-state index in [0.29, 0.717) is 39.4 Å². The molecule has 2 aliphatic heterocycles. The Hall–Kier alpha value is -3.79. The number of carbonyl (C=O) groups excluding carboxylic acids is 1. The van der Waals surface area contributed by atoms with Gasteiger partial charge in [0.25, 0.3) is 11.5 Å². The highest BCUT2D eigenvalue weighted by atomic mass is 32.2. The van der Waals surface area contributed by atoms with E-state index >= 15 is 0 Å². The van der Waals surface area contributed by atoms with E-state index in [1.54, 1.807) is 14.0 Å². The van der Waals surface area contributed by atoms with Crippen LogP contribution >= 0.6 is 11.3 Å². The van der Waals surface area contributed by atoms with E-state index in [9.17, 15) is 22.8 Å². The van der Waals surface area contributed by atoms with Crippen LogP contribution in [0.15, 0.2) is 50.7 Å². The van der Waals surface area contributed by atoms with Gasteiger partial charge in [-0.1, -0.05) is 18.2 Å². The van der Waals surface area contributed by atoms with Crippen molar-refractivity contribution in [1.29, 1.82) is 0 Å². The summed E-state index contributed by atoms with van der Waals surface area (Å²) in [5.74, 6) is -0.167. The molecular formula is C33H40N4O9S2. The van der Waals surface area contributed by atoms with Crippen molar-refractivity contribution in [1.82, 2.24) is 18.8 Å². The first-order chi connectivity index (χ1) is 22.7. The highest BCUT2D eigenvalue weighted by molar-refractivity contribution is 7.91. The summed E-state index contributed by atoms with van der Waals surface area (Å²) in [6.07, 6.45) is 5.62. The van der Waals surface area contributed by atoms with Crippen molar-refractivity contribution < 1.29 is 31.8 Å². The summed E-state index contributed by atoms with van der Waals surface area (Å²) >= 11 is 1.17. The van der Waals surface area contributed by atoms with Crippen LogP contribution in [0.5, 0.6) is 5.75 Å². The zero-order chi connectivity index (χ0) is 34.5. The smallest absolute Gasteiger partial charge is 0.332 e. The highest BCUT2D eigenvalue weighted by Crippen LogP contribution is 2.40. The van der Waals surface area contributed by atoms with Gasteiger partial charge in [0.15, 0.2) is 0 Å². The van der Waals surface area contributed by atoms with Gasteiger partial charge in [-0.05, 0) is 71.9 Å². The summed E-state index contributed by atoms with van der Waals surface area (Å²) < 4.78 is 52.9. The normalized spacial score (nSPS) is 20.9. The number of aryl methyl sites for hydroxylation is 1. The number of nitrogens with one attached hydrogen (secondary N) is 1. The molecule has 0 spiro atoms. The molecule has 13 nitrogen and oxygen atoms in total. The minimum Gasteiger partial charge on any atom is -0.496 e. The van der Waals surface area contributed by atoms with Crippen molar-refractivity contribution >= 4 is 37.5 Å². The monoisotopic (exact) mass is 700 g/mol. The van der Waals surface area contributed by atoms with Crippen molar-refractivity contribution in [3.05, 3.63) is 68.7 Å². The van der Waals surface area contributed by atoms with Crippen LogP contribution in [-0.4, -0.2) is 58.6 Å². The minimum atomic E-state index is -4.13. The molecule has 2 aliphatic rings. The predicted octanol–water partition coefficient (Wildman–Crippen LogP) is 4.47. The number of hydrogen-bond acceptors (Lipinski definition) is 11. The lowest BCUT2D eigenvalue weighted by Gasteiger charge is -2.32. The second kappa shape index (κ2) is 12.9. The van der Waals surface area contributed by atoms with E-state index in [0.717, 1.165) is 17.4 Å². The maximum atomic E-state index is 14.5. The summed E-state index contributed by atoms with van der Waals surface area (Å²) in [7, 11) is -2.57. The molecule has 0 saturated carbocycles. The number of para-hydroxylation sites is 1. The van der Waals surface area contributed by atoms with Gasteiger partial charge in [0, 0.05) is 5.56 Å². The number of aromatic nitrogens is 3. The lowest BCUT2D eigenvalue weighted by atomic mass is 10.0. The average molecular weight is 701 g/mol. The molecule has 6 rings (SSSR count). The van der Waals surface area contributed by atoms with Crippen molar-refractivity contribution in [2.24, 2.45) is 0 Å². The Morgan fingerprint density at radius 3 is 2.48 bits per heavy atom. The fourth-order valence-electron chi connectivity index (χ4n) is 6.36. The second-order valence-electron chi connectivity index (χ2n) is 13.3. The van der Waals surface area contributed by atoms with E-state index < -0.39 is 44.1 Å². The maximum Gasteiger partial charge on any atom is 0.332 e. The first kappa shape index (κ1) is 34.1. The number of ether oxygens (including phenoxy) is 3. The summed E-state index contributed by atoms with van der Waals surface area (Å²) in [5.41, 5.74) is -0.307. The van der Waals surface area contributed by atoms with Gasteiger partial charge in [-0.3, -0.25) is 18.9 Å². The van der Waals surface area contributed by atoms with Gasteiger partial charge in [-0.2, -0.15) is 0 Å². The van der Waals surface area contributed by atoms with Gasteiger partial charge >= 0.3 is 5.69 Å². The standard InChI is InChI=1S/C33H40N4O9S2/c1-18-26-30(39)37(19(2)28(38)35-48(41,42)33(3,4)5)32(40)36(31(26)47-27(18)29-34-13-14-44-29)17-25(23-9-7-8-10-24(23)43-6)46-22-15-20-11-12-21(16-22)45-20/h7-10,13-14,19-22,25H,11-12,15-17H2,1-6H3,(H,35,38)/t19-,20-,21+,22?,25-/m0/s1. The number of thiophene rings is 1. The Morgan fingerprint density at radius 2 is 1.85 bits per heavy atom. The topological polar surface area (TPSA) is 161 Å². The van der Waals surface area contributed by atoms with Crippen LogP contribution in [0.2, 0.25) is 0 Å². The molecule has 2 fully saturated rings. The number of oxazole rings is 1. The molecule has 258 valence electrons. The lowest BCUT2D eigenvalue weighted by molar-refractivity contribution is -0.122. The highest BCUT2D eigenvalue weighted by Gasteiger charge is 2.38. The summed E-state index contributed by atoms with van der Waals surface area (Å²) in [6.45, 7) is 7.34. The first-order valence-corrected chi connectivity index (χ1v) is 18.2. The number of nitrogens with zero attached hydrogens (tertiary/aromatic N) is 3. The quantitative estimate of drug-likeness (QED) is 0.250. The fraction of sp³-hybridized carbons (Fsp3) is 0.515. The van der Waals surface area contributed by atoms with Crippen molar-refractivity contribution in [3.63, 3.8) is 0 Å². The number of rotatable bonds is 10. The number of benzene rings is 1. The average Bonchev–Trinajstić information content (AvgIpc) is 3.77. The third-order valence-corrected chi connectivity index (χ3v) is 12.5. The van der Waals surface area contributed by atoms with Gasteiger partial charge in [0.05, 0.1) is 53.2 Å². The summed E-state index contributed by atoms with van der Waals surface area (Å²) in [4.78, 5) is 47.3. The second-order valence-corrected chi connectivity index (χ2v) is 16.8. The molecule has 3 aromatic heterocycles. The molecule has 5 atom stereocenters. The SMILES string of the molecule is COc1ccccc1[C@H](Cn1c(=O)n([C@@H](C)C(=O)NS(=O)(=O)C(C)(C)C)c(=O)c2c(C)c(-c3ncco3)sc21)OC1C[C@H]2CC[C@@H](C1)O2. The maximum absolute atomic E-state index is 14.5. The van der Waals surface area contributed by atoms with E-state index in [4.69, 9.17) is 18.6 Å². The summed E-state index contributed by atoms with van der Waals surface area (Å²) in [6, 6.07) is 5.92. The number of fused-ring (bicyclic) bond motifs is 3. The Morgan fingerprint density at radius 1 is 1.17 bits per heavy atom. The molecule has 1 aromatic carbocycles. The molecule has 5 heterocycles. The third kappa shape index (κ3) is 6.24. The summed E-state index contributed by atoms with van der Waals surface area (Å²) in [5, 5.41) is 0.189. The van der Waals surface area contributed by atoms with Gasteiger partial charge in [-0.25, -0.2) is 22.8 Å². The molecule has 1 N–H and O–H groups in total. The molecule has 0 radical (unpaired) electrons. The molecule has 0 aliphatic carbocycles. The van der Waals surface area contributed by atoms with Crippen LogP contribution < -0.4 is 20.7 Å². The van der Waals surface area contributed by atoms with Crippen LogP contribution in [0, 0.1) is 6.92 Å². The molecule has 15 heteroatoms. The van der Waals surface area contributed by atoms with E-state index in [1.165, 1.54) is 56.1 Å². The van der Waals surface area contributed by atoms with Crippen molar-refractivity contribution in [2.45, 2.75) is 102 Å². The van der Waals surface area contributed by atoms with Crippen molar-refractivity contribution in [3.8, 4) is 16.5 Å². The van der Waals surface area contributed by atoms with Gasteiger partial charge < -0.3 is 18.6 Å². The number of hydrogen-bond donors (Lipinski definition) is 1. The van der Waals surface area contributed by atoms with E-state index in [2.05, 4.69) is 9.71 Å². The number of methoxy groups -OCH3 is 1. The molecule has 2 bridgehead atoms. The molecule has 1 amide bonds. The lowest BCUT2D eigenvalue weighted by Crippen LogP contribution is -2.49. The van der Waals surface area contributed by atoms with Crippen LogP contribution in [0.4, 0.5) is 0 Å². The van der Waals surface area contributed by atoms with Crippen molar-refractivity contribution in [2.75, 3.05) is 7.11 Å². The zero-order valence-corrected chi connectivity index (χ0v) is 29.4. The number of sulfonamides is 1. The molecular weight excluding hydrogens is 661 g/mol. The molecule has 48 heavy (non-hydrogen) atoms. The third-order valence-electron chi connectivity index (χ3n) is 9.12. The Kier molecular flexibility index (Phi) is 9.17. The van der Waals surface area contributed by atoms with E-state index in [-0.39, 0.29) is 36.1 Å². The van der Waals surface area contributed by atoms with Crippen LogP contribution in [0.1, 0.15) is 76.7 Å². The van der Waals surface area contributed by atoms with Gasteiger partial charge in [-0.15, -0.1) is 11.3 Å². The molecule has 4 aromatic rings. The minimum absolute atomic E-state index is 0.0394. The van der Waals surface area contributed by atoms with Crippen LogP contribution in [0.3, 0.4) is 0 Å². The Bertz CT molecular complexity index is 2050. The number of amides is 1. The van der Waals surface area contributed by atoms with Crippen LogP contribution in [-0.2, 0) is 30.8 Å².